The van der Waals surface area contributed by atoms with Crippen molar-refractivity contribution in [2.75, 3.05) is 25.5 Å². The SMILES string of the molecule is CNCCNC(=O)C(=O)Nc1cc(C2CCCC2)n(C)n1. The molecule has 7 heteroatoms. The number of hydrogen-bond acceptors (Lipinski definition) is 4. The summed E-state index contributed by atoms with van der Waals surface area (Å²) in [7, 11) is 3.65. The van der Waals surface area contributed by atoms with Crippen LogP contribution in [0.4, 0.5) is 5.82 Å². The number of carbonyl (C=O) groups is 2. The minimum atomic E-state index is -0.679. The third kappa shape index (κ3) is 4.04. The first kappa shape index (κ1) is 15.5. The van der Waals surface area contributed by atoms with Crippen molar-refractivity contribution in [3.05, 3.63) is 11.8 Å². The monoisotopic (exact) mass is 293 g/mol. The Morgan fingerprint density at radius 2 is 2.00 bits per heavy atom. The molecule has 0 aliphatic heterocycles. The van der Waals surface area contributed by atoms with Gasteiger partial charge in [-0.25, -0.2) is 0 Å². The number of anilines is 1. The average Bonchev–Trinajstić information content (AvgIpc) is 3.08. The predicted octanol–water partition coefficient (Wildman–Crippen LogP) is 0.352. The Morgan fingerprint density at radius 1 is 1.29 bits per heavy atom. The molecule has 2 rings (SSSR count). The third-order valence-corrected chi connectivity index (χ3v) is 3.80. The summed E-state index contributed by atoms with van der Waals surface area (Å²) in [5.41, 5.74) is 1.12. The molecule has 0 bridgehead atoms. The second-order valence-corrected chi connectivity index (χ2v) is 5.37. The maximum Gasteiger partial charge on any atom is 0.314 e. The summed E-state index contributed by atoms with van der Waals surface area (Å²) in [6.45, 7) is 1.03. The number of nitrogens with zero attached hydrogens (tertiary/aromatic N) is 2. The standard InChI is InChI=1S/C14H23N5O2/c1-15-7-8-16-13(20)14(21)17-12-9-11(19(2)18-12)10-5-3-4-6-10/h9-10,15H,3-8H2,1-2H3,(H,16,20)(H,17,18,21). The van der Waals surface area contributed by atoms with E-state index in [0.29, 0.717) is 24.8 Å². The van der Waals surface area contributed by atoms with Crippen molar-refractivity contribution in [2.45, 2.75) is 31.6 Å². The van der Waals surface area contributed by atoms with E-state index in [2.05, 4.69) is 21.0 Å². The maximum atomic E-state index is 11.8. The first-order chi connectivity index (χ1) is 10.1. The van der Waals surface area contributed by atoms with Crippen LogP contribution in [0.5, 0.6) is 0 Å². The lowest BCUT2D eigenvalue weighted by Gasteiger charge is -2.07. The lowest BCUT2D eigenvalue weighted by atomic mass is 10.0. The van der Waals surface area contributed by atoms with Gasteiger partial charge in [-0.1, -0.05) is 12.8 Å². The molecule has 0 unspecified atom stereocenters. The van der Waals surface area contributed by atoms with E-state index in [0.717, 1.165) is 18.5 Å². The third-order valence-electron chi connectivity index (χ3n) is 3.80. The van der Waals surface area contributed by atoms with Crippen molar-refractivity contribution in [1.82, 2.24) is 20.4 Å². The Kier molecular flexibility index (Phi) is 5.32. The van der Waals surface area contributed by atoms with Gasteiger partial charge in [0, 0.05) is 37.8 Å². The van der Waals surface area contributed by atoms with E-state index >= 15 is 0 Å². The molecule has 0 saturated heterocycles. The molecule has 1 aliphatic carbocycles. The molecule has 1 heterocycles. The Balaban J connectivity index is 1.91. The van der Waals surface area contributed by atoms with Gasteiger partial charge in [-0.05, 0) is 19.9 Å². The fraction of sp³-hybridized carbons (Fsp3) is 0.643. The van der Waals surface area contributed by atoms with Crippen LogP contribution in [0, 0.1) is 0 Å². The summed E-state index contributed by atoms with van der Waals surface area (Å²) in [4.78, 5) is 23.3. The van der Waals surface area contributed by atoms with E-state index in [1.165, 1.54) is 12.8 Å². The van der Waals surface area contributed by atoms with Gasteiger partial charge < -0.3 is 16.0 Å². The smallest absolute Gasteiger partial charge is 0.314 e. The molecule has 0 atom stereocenters. The highest BCUT2D eigenvalue weighted by molar-refractivity contribution is 6.39. The number of rotatable bonds is 5. The zero-order chi connectivity index (χ0) is 15.2. The summed E-state index contributed by atoms with van der Waals surface area (Å²) in [5.74, 6) is -0.369. The van der Waals surface area contributed by atoms with Crippen molar-refractivity contribution in [1.29, 1.82) is 0 Å². The largest absolute Gasteiger partial charge is 0.347 e. The molecule has 1 fully saturated rings. The van der Waals surface area contributed by atoms with E-state index in [4.69, 9.17) is 0 Å². The van der Waals surface area contributed by atoms with Crippen LogP contribution in [-0.4, -0.2) is 41.7 Å². The number of amides is 2. The van der Waals surface area contributed by atoms with Crippen LogP contribution < -0.4 is 16.0 Å². The molecule has 1 aromatic rings. The number of carbonyl (C=O) groups excluding carboxylic acids is 2. The second kappa shape index (κ2) is 7.21. The fourth-order valence-electron chi connectivity index (χ4n) is 2.70. The number of aromatic nitrogens is 2. The molecule has 21 heavy (non-hydrogen) atoms. The van der Waals surface area contributed by atoms with Gasteiger partial charge in [0.15, 0.2) is 5.82 Å². The molecule has 2 amide bonds. The zero-order valence-electron chi connectivity index (χ0n) is 12.6. The quantitative estimate of drug-likeness (QED) is 0.540. The van der Waals surface area contributed by atoms with Gasteiger partial charge >= 0.3 is 11.8 Å². The van der Waals surface area contributed by atoms with Gasteiger partial charge in [0.25, 0.3) is 0 Å². The van der Waals surface area contributed by atoms with Gasteiger partial charge in [0.05, 0.1) is 0 Å². The van der Waals surface area contributed by atoms with E-state index in [9.17, 15) is 9.59 Å². The normalized spacial score (nSPS) is 15.1. The maximum absolute atomic E-state index is 11.8. The molecule has 3 N–H and O–H groups in total. The van der Waals surface area contributed by atoms with Crippen molar-refractivity contribution >= 4 is 17.6 Å². The molecular weight excluding hydrogens is 270 g/mol. The van der Waals surface area contributed by atoms with Crippen LogP contribution >= 0.6 is 0 Å². The first-order valence-electron chi connectivity index (χ1n) is 7.39. The molecule has 7 nitrogen and oxygen atoms in total. The topological polar surface area (TPSA) is 88.0 Å². The summed E-state index contributed by atoms with van der Waals surface area (Å²) in [6.07, 6.45) is 4.81. The highest BCUT2D eigenvalue weighted by Gasteiger charge is 2.22. The number of aryl methyl sites for hydroxylation is 1. The summed E-state index contributed by atoms with van der Waals surface area (Å²) in [5, 5.41) is 12.2. The van der Waals surface area contributed by atoms with Crippen LogP contribution in [0.25, 0.3) is 0 Å². The average molecular weight is 293 g/mol. The molecule has 0 aromatic carbocycles. The molecule has 1 saturated carbocycles. The van der Waals surface area contributed by atoms with Crippen LogP contribution in [-0.2, 0) is 16.6 Å². The molecule has 1 aliphatic rings. The van der Waals surface area contributed by atoms with Crippen molar-refractivity contribution in [3.63, 3.8) is 0 Å². The lowest BCUT2D eigenvalue weighted by molar-refractivity contribution is -0.136. The first-order valence-corrected chi connectivity index (χ1v) is 7.39. The van der Waals surface area contributed by atoms with Crippen molar-refractivity contribution < 1.29 is 9.59 Å². The summed E-state index contributed by atoms with van der Waals surface area (Å²) >= 11 is 0. The lowest BCUT2D eigenvalue weighted by Crippen LogP contribution is -2.38. The zero-order valence-corrected chi connectivity index (χ0v) is 12.6. The Labute approximate surface area is 124 Å². The van der Waals surface area contributed by atoms with Crippen LogP contribution in [0.15, 0.2) is 6.07 Å². The van der Waals surface area contributed by atoms with Crippen LogP contribution in [0.1, 0.15) is 37.3 Å². The Morgan fingerprint density at radius 3 is 2.67 bits per heavy atom. The number of nitrogens with one attached hydrogen (secondary N) is 3. The molecule has 0 radical (unpaired) electrons. The van der Waals surface area contributed by atoms with Gasteiger partial charge in [0.2, 0.25) is 0 Å². The van der Waals surface area contributed by atoms with Crippen molar-refractivity contribution in [2.24, 2.45) is 7.05 Å². The van der Waals surface area contributed by atoms with Crippen LogP contribution in [0.2, 0.25) is 0 Å². The van der Waals surface area contributed by atoms with Gasteiger partial charge in [-0.2, -0.15) is 5.10 Å². The van der Waals surface area contributed by atoms with Gasteiger partial charge in [-0.3, -0.25) is 14.3 Å². The molecular formula is C14H23N5O2. The fourth-order valence-corrected chi connectivity index (χ4v) is 2.70. The number of hydrogen-bond donors (Lipinski definition) is 3. The molecule has 0 spiro atoms. The summed E-state index contributed by atoms with van der Waals surface area (Å²) < 4.78 is 1.80. The minimum Gasteiger partial charge on any atom is -0.347 e. The Bertz CT molecular complexity index is 505. The number of likely N-dealkylation sites (N-methyl/N-ethyl adjacent to an activating group) is 1. The van der Waals surface area contributed by atoms with Gasteiger partial charge in [-0.15, -0.1) is 0 Å². The molecule has 116 valence electrons. The second-order valence-electron chi connectivity index (χ2n) is 5.37. The van der Waals surface area contributed by atoms with E-state index < -0.39 is 11.8 Å². The predicted molar refractivity (Wildman–Crippen MR) is 80.0 cm³/mol. The van der Waals surface area contributed by atoms with Crippen LogP contribution in [0.3, 0.4) is 0 Å². The van der Waals surface area contributed by atoms with Gasteiger partial charge in [0.1, 0.15) is 0 Å². The molecule has 1 aromatic heterocycles. The highest BCUT2D eigenvalue weighted by Crippen LogP contribution is 2.34. The highest BCUT2D eigenvalue weighted by atomic mass is 16.2. The summed E-state index contributed by atoms with van der Waals surface area (Å²) in [6, 6.07) is 1.87. The Hall–Kier alpha value is -1.89. The van der Waals surface area contributed by atoms with Crippen molar-refractivity contribution in [3.8, 4) is 0 Å². The minimum absolute atomic E-state index is 0.415. The van der Waals surface area contributed by atoms with E-state index in [1.54, 1.807) is 11.7 Å². The van der Waals surface area contributed by atoms with E-state index in [-0.39, 0.29) is 0 Å². The van der Waals surface area contributed by atoms with E-state index in [1.807, 2.05) is 13.1 Å².